The number of hydrogen-bond acceptors (Lipinski definition) is 2. The quantitative estimate of drug-likeness (QED) is 0.898. The summed E-state index contributed by atoms with van der Waals surface area (Å²) >= 11 is 6.22. The Bertz CT molecular complexity index is 464. The fraction of sp³-hybridized carbons (Fsp3) is 0.462. The molecule has 2 rings (SSSR count). The number of carbonyl (C=O) groups is 1. The van der Waals surface area contributed by atoms with Crippen LogP contribution in [-0.2, 0) is 10.2 Å². The number of aliphatic carboxylic acids is 1. The van der Waals surface area contributed by atoms with Crippen LogP contribution in [0, 0.1) is 6.92 Å². The minimum absolute atomic E-state index is 0.118. The van der Waals surface area contributed by atoms with Crippen LogP contribution < -0.4 is 4.74 Å². The van der Waals surface area contributed by atoms with Crippen LogP contribution in [0.3, 0.4) is 0 Å². The van der Waals surface area contributed by atoms with Gasteiger partial charge in [0.25, 0.3) is 0 Å². The Kier molecular flexibility index (Phi) is 3.04. The largest absolute Gasteiger partial charge is 0.496 e. The number of halogens is 1. The standard InChI is InChI=1S/C13H15ClO3/c1-8-3-4-9(14)11(12(8)17-2)13(5-6-13)7-10(15)16/h3-4H,5-7H2,1-2H3,(H,15,16). The van der Waals surface area contributed by atoms with Crippen molar-refractivity contribution < 1.29 is 14.6 Å². The van der Waals surface area contributed by atoms with E-state index in [1.807, 2.05) is 19.1 Å². The van der Waals surface area contributed by atoms with E-state index < -0.39 is 5.97 Å². The normalized spacial score (nSPS) is 16.6. The van der Waals surface area contributed by atoms with Gasteiger partial charge in [0, 0.05) is 16.0 Å². The molecule has 1 aliphatic rings. The molecule has 1 N–H and O–H groups in total. The predicted molar refractivity (Wildman–Crippen MR) is 65.9 cm³/mol. The minimum Gasteiger partial charge on any atom is -0.496 e. The second-order valence-corrected chi connectivity index (χ2v) is 5.03. The van der Waals surface area contributed by atoms with Crippen LogP contribution in [0.15, 0.2) is 12.1 Å². The maximum atomic E-state index is 10.9. The van der Waals surface area contributed by atoms with Crippen molar-refractivity contribution in [2.24, 2.45) is 0 Å². The highest BCUT2D eigenvalue weighted by Gasteiger charge is 2.49. The van der Waals surface area contributed by atoms with E-state index >= 15 is 0 Å². The van der Waals surface area contributed by atoms with Gasteiger partial charge in [0.2, 0.25) is 0 Å². The van der Waals surface area contributed by atoms with Gasteiger partial charge in [-0.1, -0.05) is 17.7 Å². The highest BCUT2D eigenvalue weighted by atomic mass is 35.5. The van der Waals surface area contributed by atoms with Crippen molar-refractivity contribution in [2.75, 3.05) is 7.11 Å². The van der Waals surface area contributed by atoms with E-state index in [9.17, 15) is 4.79 Å². The molecule has 0 spiro atoms. The second-order valence-electron chi connectivity index (χ2n) is 4.62. The summed E-state index contributed by atoms with van der Waals surface area (Å²) < 4.78 is 5.39. The lowest BCUT2D eigenvalue weighted by Crippen LogP contribution is -2.15. The van der Waals surface area contributed by atoms with Crippen molar-refractivity contribution in [1.29, 1.82) is 0 Å². The average Bonchev–Trinajstić information content (AvgIpc) is 3.00. The average molecular weight is 255 g/mol. The van der Waals surface area contributed by atoms with Crippen molar-refractivity contribution in [2.45, 2.75) is 31.6 Å². The van der Waals surface area contributed by atoms with E-state index in [-0.39, 0.29) is 11.8 Å². The summed E-state index contributed by atoms with van der Waals surface area (Å²) in [6, 6.07) is 3.71. The lowest BCUT2D eigenvalue weighted by Gasteiger charge is -2.20. The van der Waals surface area contributed by atoms with Crippen LogP contribution in [0.5, 0.6) is 5.75 Å². The highest BCUT2D eigenvalue weighted by molar-refractivity contribution is 6.31. The van der Waals surface area contributed by atoms with Gasteiger partial charge in [0.15, 0.2) is 0 Å². The third-order valence-electron chi connectivity index (χ3n) is 3.38. The van der Waals surface area contributed by atoms with Crippen LogP contribution in [0.1, 0.15) is 30.4 Å². The summed E-state index contributed by atoms with van der Waals surface area (Å²) in [5.74, 6) is -0.0571. The van der Waals surface area contributed by atoms with Crippen LogP contribution in [0.4, 0.5) is 0 Å². The molecule has 1 saturated carbocycles. The van der Waals surface area contributed by atoms with Crippen molar-refractivity contribution in [1.82, 2.24) is 0 Å². The molecular weight excluding hydrogens is 240 g/mol. The molecule has 1 aromatic rings. The Morgan fingerprint density at radius 3 is 2.65 bits per heavy atom. The van der Waals surface area contributed by atoms with Gasteiger partial charge in [-0.05, 0) is 31.4 Å². The Balaban J connectivity index is 2.51. The van der Waals surface area contributed by atoms with E-state index in [1.165, 1.54) is 0 Å². The van der Waals surface area contributed by atoms with E-state index in [4.69, 9.17) is 21.4 Å². The van der Waals surface area contributed by atoms with Gasteiger partial charge < -0.3 is 9.84 Å². The maximum Gasteiger partial charge on any atom is 0.304 e. The smallest absolute Gasteiger partial charge is 0.304 e. The Labute approximate surface area is 105 Å². The van der Waals surface area contributed by atoms with Gasteiger partial charge in [-0.25, -0.2) is 0 Å². The molecule has 0 bridgehead atoms. The van der Waals surface area contributed by atoms with E-state index in [0.717, 1.165) is 29.7 Å². The first kappa shape index (κ1) is 12.2. The lowest BCUT2D eigenvalue weighted by atomic mass is 9.90. The van der Waals surface area contributed by atoms with Gasteiger partial charge in [-0.15, -0.1) is 0 Å². The SMILES string of the molecule is COc1c(C)ccc(Cl)c1C1(CC(=O)O)CC1. The molecule has 0 saturated heterocycles. The second kappa shape index (κ2) is 4.22. The van der Waals surface area contributed by atoms with Gasteiger partial charge in [-0.2, -0.15) is 0 Å². The van der Waals surface area contributed by atoms with Crippen LogP contribution in [0.2, 0.25) is 5.02 Å². The molecule has 0 aromatic heterocycles. The first-order chi connectivity index (χ1) is 8.00. The molecule has 1 aromatic carbocycles. The van der Waals surface area contributed by atoms with Crippen molar-refractivity contribution in [3.8, 4) is 5.75 Å². The number of benzene rings is 1. The molecule has 0 heterocycles. The molecule has 0 radical (unpaired) electrons. The number of methoxy groups -OCH3 is 1. The van der Waals surface area contributed by atoms with Gasteiger partial charge in [0.1, 0.15) is 5.75 Å². The maximum absolute atomic E-state index is 10.9. The van der Waals surface area contributed by atoms with E-state index in [1.54, 1.807) is 7.11 Å². The molecule has 0 aliphatic heterocycles. The fourth-order valence-electron chi connectivity index (χ4n) is 2.38. The molecule has 1 aliphatic carbocycles. The Hall–Kier alpha value is -1.22. The fourth-order valence-corrected chi connectivity index (χ4v) is 2.72. The zero-order valence-electron chi connectivity index (χ0n) is 9.92. The molecule has 0 amide bonds. The first-order valence-electron chi connectivity index (χ1n) is 5.55. The number of carboxylic acid groups (broad SMARTS) is 1. The van der Waals surface area contributed by atoms with Gasteiger partial charge >= 0.3 is 5.97 Å². The summed E-state index contributed by atoms with van der Waals surface area (Å²) in [6.45, 7) is 1.94. The first-order valence-corrected chi connectivity index (χ1v) is 5.93. The molecule has 0 unspecified atom stereocenters. The topological polar surface area (TPSA) is 46.5 Å². The third-order valence-corrected chi connectivity index (χ3v) is 3.70. The van der Waals surface area contributed by atoms with E-state index in [2.05, 4.69) is 0 Å². The molecule has 17 heavy (non-hydrogen) atoms. The van der Waals surface area contributed by atoms with Crippen molar-refractivity contribution >= 4 is 17.6 Å². The Morgan fingerprint density at radius 2 is 2.18 bits per heavy atom. The minimum atomic E-state index is -0.790. The molecule has 92 valence electrons. The van der Waals surface area contributed by atoms with Crippen molar-refractivity contribution in [3.05, 3.63) is 28.3 Å². The van der Waals surface area contributed by atoms with Crippen molar-refractivity contribution in [3.63, 3.8) is 0 Å². The molecule has 1 fully saturated rings. The number of ether oxygens (including phenoxy) is 1. The van der Waals surface area contributed by atoms with Crippen LogP contribution in [0.25, 0.3) is 0 Å². The molecule has 0 atom stereocenters. The summed E-state index contributed by atoms with van der Waals surface area (Å²) in [4.78, 5) is 10.9. The number of carboxylic acids is 1. The van der Waals surface area contributed by atoms with Gasteiger partial charge in [0.05, 0.1) is 13.5 Å². The monoisotopic (exact) mass is 254 g/mol. The summed E-state index contributed by atoms with van der Waals surface area (Å²) in [6.07, 6.45) is 1.84. The zero-order chi connectivity index (χ0) is 12.6. The zero-order valence-corrected chi connectivity index (χ0v) is 10.7. The molecule has 4 heteroatoms. The number of rotatable bonds is 4. The van der Waals surface area contributed by atoms with Crippen LogP contribution in [-0.4, -0.2) is 18.2 Å². The molecule has 3 nitrogen and oxygen atoms in total. The highest BCUT2D eigenvalue weighted by Crippen LogP contribution is 2.56. The van der Waals surface area contributed by atoms with E-state index in [0.29, 0.717) is 5.02 Å². The Morgan fingerprint density at radius 1 is 1.53 bits per heavy atom. The van der Waals surface area contributed by atoms with Gasteiger partial charge in [-0.3, -0.25) is 4.79 Å². The summed E-state index contributed by atoms with van der Waals surface area (Å²) in [7, 11) is 1.60. The molecular formula is C13H15ClO3. The summed E-state index contributed by atoms with van der Waals surface area (Å²) in [5, 5.41) is 9.59. The third kappa shape index (κ3) is 2.12. The number of hydrogen-bond donors (Lipinski definition) is 1. The lowest BCUT2D eigenvalue weighted by molar-refractivity contribution is -0.137. The number of aryl methyl sites for hydroxylation is 1. The predicted octanol–water partition coefficient (Wildman–Crippen LogP) is 3.16. The van der Waals surface area contributed by atoms with Crippen LogP contribution >= 0.6 is 11.6 Å². The summed E-state index contributed by atoms with van der Waals surface area (Å²) in [5.41, 5.74) is 1.54.